The van der Waals surface area contributed by atoms with E-state index in [1.165, 1.54) is 12.2 Å². The molecule has 103 heavy (non-hydrogen) atoms. The largest absolute Gasteiger partial charge is 2.00 e. The normalized spacial score (nSPS) is 16.4. The molecule has 3 saturated heterocycles. The van der Waals surface area contributed by atoms with Gasteiger partial charge in [-0.3, -0.25) is 14.4 Å². The number of likely N-dealkylation sites (tertiary alicyclic amines) is 3. The molecule has 6 aromatic carbocycles. The standard InChI is InChI=1S/C28H38ClNO4.C23H26ClNO3.C13H24N2O4.C12H8BrCl.C5H11O.ClH.Mg/c1-27(2,3)34-26(31)30-18-11-12-21(20-30)28(32,17-9-10-19-33-4)24-15-7-5-13-22(24)23-14-6-8-16-25(23)29;1-23(2,3)28-22(27)25-14-8-9-16(15-25)21(26)19-12-5-4-10-17(19)18-11-6-7-13-20(18)24;1-13(2,3)19-12(17)15-8-6-7-10(9-15)11(16)14(4)18-5;13-11-7-3-1-5-9(11)10-6-2-4-8-12(10)14;1-3-4-5-6-2;;/h5-8,13-16,21,32H,9-12,17-20H2,1-4H3;4-7,10-13,16H,8-9,14-15H2,1-3H3;10H,6-9H2,1-5H3;1-8H;1,3-5H2,2H3;1H;/q;;;;-1;;+2/p-1/t21-,28+;16-;10-;;;;/m111..../s1. The van der Waals surface area contributed by atoms with Gasteiger partial charge >= 0.3 is 41.3 Å². The van der Waals surface area contributed by atoms with E-state index in [1.54, 1.807) is 36.0 Å². The number of carbonyl (C=O) groups is 5. The molecule has 0 aromatic heterocycles. The second-order valence-corrected chi connectivity index (χ2v) is 30.3. The Labute approximate surface area is 659 Å². The molecule has 1 N–H and O–H groups in total. The van der Waals surface area contributed by atoms with Crippen molar-refractivity contribution in [3.63, 3.8) is 0 Å². The number of methoxy groups -OCH3 is 2. The second-order valence-electron chi connectivity index (χ2n) is 28.3. The Morgan fingerprint density at radius 1 is 0.515 bits per heavy atom. The summed E-state index contributed by atoms with van der Waals surface area (Å²) in [5, 5.41) is 15.7. The maximum absolute atomic E-state index is 13.3. The van der Waals surface area contributed by atoms with Crippen molar-refractivity contribution in [2.75, 3.05) is 80.9 Å². The van der Waals surface area contributed by atoms with Gasteiger partial charge in [0, 0.05) is 127 Å². The van der Waals surface area contributed by atoms with E-state index in [0.29, 0.717) is 67.9 Å². The average molecular weight is 1570 g/mol. The minimum absolute atomic E-state index is 0. The maximum atomic E-state index is 13.3. The van der Waals surface area contributed by atoms with Crippen molar-refractivity contribution in [2.24, 2.45) is 17.8 Å². The number of ether oxygens (including phenoxy) is 5. The van der Waals surface area contributed by atoms with Crippen LogP contribution >= 0.6 is 50.7 Å². The number of amides is 4. The number of hydrogen-bond donors (Lipinski definition) is 1. The summed E-state index contributed by atoms with van der Waals surface area (Å²) in [5.74, 6) is -0.643. The molecule has 0 spiro atoms. The van der Waals surface area contributed by atoms with Crippen LogP contribution in [0.2, 0.25) is 15.1 Å². The smallest absolute Gasteiger partial charge is 1.00 e. The fraction of sp³-hybridized carbons (Fsp3) is 0.481. The minimum atomic E-state index is -1.12. The maximum Gasteiger partial charge on any atom is 2.00 e. The van der Waals surface area contributed by atoms with Gasteiger partial charge in [0.15, 0.2) is 5.78 Å². The number of nitrogens with zero attached hydrogens (tertiary/aromatic N) is 4. The molecular formula is C81H107BrCl4MgN4O12. The molecule has 3 aliphatic rings. The Balaban J connectivity index is 0.000000359. The van der Waals surface area contributed by atoms with E-state index in [9.17, 15) is 29.1 Å². The molecule has 22 heteroatoms. The van der Waals surface area contributed by atoms with Crippen LogP contribution in [-0.2, 0) is 38.9 Å². The topological polar surface area (TPSA) is 174 Å². The number of unbranched alkanes of at least 4 members (excludes halogenated alkanes) is 2. The summed E-state index contributed by atoms with van der Waals surface area (Å²) in [7, 11) is 6.43. The van der Waals surface area contributed by atoms with Gasteiger partial charge in [-0.2, -0.15) is 6.42 Å². The van der Waals surface area contributed by atoms with E-state index in [4.69, 9.17) is 63.3 Å². The SMILES string of the molecule is CC(C)(C)OC(=O)N1CCC[C@@H](C(=O)c2ccccc2-c2ccccc2Cl)C1.COCCCC[C@@](O)(c1ccccc1-c1ccccc1Cl)[C@@H]1CCCN(C(=O)OC(C)(C)C)C1.CON(C)C(=O)[C@@H]1CCCN(C(=O)OC(C)(C)C)C1.Clc1ccccc1-c1ccccc1Br.[CH2-]CCCOC.[Cl-].[Mg+2]. The van der Waals surface area contributed by atoms with Gasteiger partial charge in [-0.15, -0.1) is 0 Å². The quantitative estimate of drug-likeness (QED) is 0.0229. The number of Topliss-reactive ketones (excluding diaryl/α,β-unsaturated/α-hetero) is 1. The number of ketones is 1. The zero-order chi connectivity index (χ0) is 74.5. The van der Waals surface area contributed by atoms with Crippen LogP contribution in [-0.4, -0.2) is 176 Å². The van der Waals surface area contributed by atoms with Gasteiger partial charge in [-0.1, -0.05) is 178 Å². The molecule has 4 atom stereocenters. The summed E-state index contributed by atoms with van der Waals surface area (Å²) in [4.78, 5) is 72.5. The molecule has 4 amide bonds. The van der Waals surface area contributed by atoms with Crippen LogP contribution in [0.5, 0.6) is 0 Å². The average Bonchev–Trinajstić information content (AvgIpc) is 0.767. The number of piperidine rings is 3. The number of halogens is 5. The Bertz CT molecular complexity index is 3540. The number of benzene rings is 6. The van der Waals surface area contributed by atoms with E-state index in [0.717, 1.165) is 119 Å². The molecule has 0 bridgehead atoms. The summed E-state index contributed by atoms with van der Waals surface area (Å²) in [5.41, 5.74) is 4.43. The van der Waals surface area contributed by atoms with Crippen LogP contribution in [0, 0.1) is 24.7 Å². The molecule has 3 heterocycles. The van der Waals surface area contributed by atoms with Gasteiger partial charge < -0.3 is 62.8 Å². The van der Waals surface area contributed by atoms with Crippen molar-refractivity contribution in [1.82, 2.24) is 19.8 Å². The molecule has 16 nitrogen and oxygen atoms in total. The number of hydrogen-bond acceptors (Lipinski definition) is 12. The summed E-state index contributed by atoms with van der Waals surface area (Å²) < 4.78 is 27.5. The Morgan fingerprint density at radius 2 is 0.893 bits per heavy atom. The van der Waals surface area contributed by atoms with E-state index in [1.807, 2.05) is 208 Å². The van der Waals surface area contributed by atoms with E-state index in [2.05, 4.69) is 22.9 Å². The molecule has 0 unspecified atom stereocenters. The van der Waals surface area contributed by atoms with Gasteiger partial charge in [0.1, 0.15) is 16.8 Å². The molecule has 0 aliphatic carbocycles. The first-order chi connectivity index (χ1) is 47.9. The van der Waals surface area contributed by atoms with Crippen LogP contribution in [0.3, 0.4) is 0 Å². The van der Waals surface area contributed by atoms with Crippen LogP contribution in [0.25, 0.3) is 33.4 Å². The predicted molar refractivity (Wildman–Crippen MR) is 416 cm³/mol. The van der Waals surface area contributed by atoms with Crippen molar-refractivity contribution in [3.8, 4) is 33.4 Å². The molecule has 3 fully saturated rings. The summed E-state index contributed by atoms with van der Waals surface area (Å²) in [6.45, 7) is 24.9. The summed E-state index contributed by atoms with van der Waals surface area (Å²) >= 11 is 22.6. The number of carbonyl (C=O) groups excluding carboxylic acids is 5. The van der Waals surface area contributed by atoms with Crippen LogP contribution in [0.15, 0.2) is 150 Å². The summed E-state index contributed by atoms with van der Waals surface area (Å²) in [6.07, 6.45) is 8.02. The first-order valence-electron chi connectivity index (χ1n) is 34.8. The Kier molecular flexibility index (Phi) is 40.3. The molecular weight excluding hydrogens is 1470 g/mol. The van der Waals surface area contributed by atoms with Gasteiger partial charge in [0.25, 0.3) is 5.91 Å². The first kappa shape index (κ1) is 91.7. The van der Waals surface area contributed by atoms with E-state index < -0.39 is 22.4 Å². The molecule has 9 rings (SSSR count). The van der Waals surface area contributed by atoms with Crippen molar-refractivity contribution >= 4 is 104 Å². The van der Waals surface area contributed by atoms with E-state index >= 15 is 0 Å². The fourth-order valence-corrected chi connectivity index (χ4v) is 13.2. The minimum Gasteiger partial charge on any atom is -1.00 e. The number of rotatable bonds is 17. The van der Waals surface area contributed by atoms with Crippen molar-refractivity contribution in [3.05, 3.63) is 183 Å². The fourth-order valence-electron chi connectivity index (χ4n) is 12.0. The first-order valence-corrected chi connectivity index (χ1v) is 36.8. The zero-order valence-corrected chi connectivity index (χ0v) is 68.6. The molecule has 3 aliphatic heterocycles. The molecule has 6 aromatic rings. The van der Waals surface area contributed by atoms with E-state index in [-0.39, 0.29) is 83.2 Å². The number of aliphatic hydroxyl groups is 1. The third kappa shape index (κ3) is 30.0. The van der Waals surface area contributed by atoms with Gasteiger partial charge in [0.05, 0.1) is 18.6 Å². The Hall–Kier alpha value is -5.48. The predicted octanol–water partition coefficient (Wildman–Crippen LogP) is 16.8. The molecule has 0 saturated carbocycles. The molecule has 560 valence electrons. The van der Waals surface area contributed by atoms with Gasteiger partial charge in [-0.25, -0.2) is 19.4 Å². The van der Waals surface area contributed by atoms with Gasteiger partial charge in [-0.05, 0) is 167 Å². The third-order valence-corrected chi connectivity index (χ3v) is 18.6. The van der Waals surface area contributed by atoms with Crippen LogP contribution in [0.1, 0.15) is 149 Å². The monoisotopic (exact) mass is 1570 g/mol. The van der Waals surface area contributed by atoms with Gasteiger partial charge in [0.2, 0.25) is 0 Å². The van der Waals surface area contributed by atoms with Crippen LogP contribution in [0.4, 0.5) is 14.4 Å². The van der Waals surface area contributed by atoms with Crippen molar-refractivity contribution in [1.29, 1.82) is 0 Å². The third-order valence-electron chi connectivity index (χ3n) is 16.9. The molecule has 0 radical (unpaired) electrons. The van der Waals surface area contributed by atoms with Crippen molar-refractivity contribution < 1.29 is 70.0 Å². The zero-order valence-electron chi connectivity index (χ0n) is 62.6. The number of hydroxylamine groups is 2. The van der Waals surface area contributed by atoms with Crippen molar-refractivity contribution in [2.45, 2.75) is 155 Å². The Morgan fingerprint density at radius 3 is 1.34 bits per heavy atom. The van der Waals surface area contributed by atoms with Crippen LogP contribution < -0.4 is 12.4 Å². The second kappa shape index (κ2) is 45.2. The summed E-state index contributed by atoms with van der Waals surface area (Å²) in [6, 6.07) is 46.6.